The molecule has 1 aliphatic rings. The molecular weight excluding hydrogens is 176 g/mol. The van der Waals surface area contributed by atoms with Crippen LogP contribution in [0.1, 0.15) is 26.2 Å². The van der Waals surface area contributed by atoms with Crippen LogP contribution in [-0.4, -0.2) is 29.9 Å². The number of hydrogen-bond acceptors (Lipinski definition) is 2. The molecule has 2 N–H and O–H groups in total. The summed E-state index contributed by atoms with van der Waals surface area (Å²) in [6, 6.07) is 0.181. The first-order chi connectivity index (χ1) is 6.65. The smallest absolute Gasteiger partial charge is 0.223 e. The van der Waals surface area contributed by atoms with Crippen molar-refractivity contribution in [2.24, 2.45) is 11.7 Å². The van der Waals surface area contributed by atoms with Gasteiger partial charge < -0.3 is 10.6 Å². The molecule has 0 spiro atoms. The highest BCUT2D eigenvalue weighted by atomic mass is 16.2. The SMILES string of the molecule is C#CCCC(=O)N1CCC(C(C)N)C1. The Bertz CT molecular complexity index is 242. The molecule has 1 amide bonds. The van der Waals surface area contributed by atoms with E-state index in [0.29, 0.717) is 18.8 Å². The van der Waals surface area contributed by atoms with Crippen LogP contribution >= 0.6 is 0 Å². The van der Waals surface area contributed by atoms with Gasteiger partial charge in [-0.15, -0.1) is 12.3 Å². The summed E-state index contributed by atoms with van der Waals surface area (Å²) in [6.07, 6.45) is 7.15. The van der Waals surface area contributed by atoms with Gasteiger partial charge in [0.1, 0.15) is 0 Å². The van der Waals surface area contributed by atoms with E-state index >= 15 is 0 Å². The zero-order valence-corrected chi connectivity index (χ0v) is 8.70. The van der Waals surface area contributed by atoms with Gasteiger partial charge in [-0.3, -0.25) is 4.79 Å². The summed E-state index contributed by atoms with van der Waals surface area (Å²) in [5.74, 6) is 3.12. The predicted octanol–water partition coefficient (Wildman–Crippen LogP) is 0.596. The van der Waals surface area contributed by atoms with Gasteiger partial charge in [-0.2, -0.15) is 0 Å². The molecule has 0 bridgehead atoms. The van der Waals surface area contributed by atoms with E-state index < -0.39 is 0 Å². The molecule has 1 fully saturated rings. The molecule has 0 aliphatic carbocycles. The molecule has 3 heteroatoms. The average Bonchev–Trinajstić information content (AvgIpc) is 2.62. The summed E-state index contributed by atoms with van der Waals surface area (Å²) >= 11 is 0. The maximum atomic E-state index is 11.6. The van der Waals surface area contributed by atoms with Crippen LogP contribution in [0, 0.1) is 18.3 Å². The van der Waals surface area contributed by atoms with Crippen LogP contribution in [0.5, 0.6) is 0 Å². The van der Waals surface area contributed by atoms with Crippen LogP contribution in [0.25, 0.3) is 0 Å². The largest absolute Gasteiger partial charge is 0.342 e. The van der Waals surface area contributed by atoms with Crippen molar-refractivity contribution in [2.75, 3.05) is 13.1 Å². The normalized spacial score (nSPS) is 23.2. The van der Waals surface area contributed by atoms with Gasteiger partial charge in [0.15, 0.2) is 0 Å². The van der Waals surface area contributed by atoms with Crippen molar-refractivity contribution in [1.29, 1.82) is 0 Å². The summed E-state index contributed by atoms with van der Waals surface area (Å²) in [5.41, 5.74) is 5.79. The van der Waals surface area contributed by atoms with Crippen LogP contribution in [0.3, 0.4) is 0 Å². The van der Waals surface area contributed by atoms with Gasteiger partial charge in [-0.25, -0.2) is 0 Å². The summed E-state index contributed by atoms with van der Waals surface area (Å²) in [5, 5.41) is 0. The lowest BCUT2D eigenvalue weighted by Crippen LogP contribution is -2.32. The number of terminal acetylenes is 1. The molecule has 0 aromatic rings. The Hall–Kier alpha value is -1.01. The average molecular weight is 194 g/mol. The predicted molar refractivity (Wildman–Crippen MR) is 56.4 cm³/mol. The second-order valence-electron chi connectivity index (χ2n) is 3.95. The molecule has 14 heavy (non-hydrogen) atoms. The summed E-state index contributed by atoms with van der Waals surface area (Å²) < 4.78 is 0. The lowest BCUT2D eigenvalue weighted by molar-refractivity contribution is -0.130. The summed E-state index contributed by atoms with van der Waals surface area (Å²) in [4.78, 5) is 13.4. The second kappa shape index (κ2) is 5.02. The van der Waals surface area contributed by atoms with Crippen molar-refractivity contribution >= 4 is 5.91 Å². The number of likely N-dealkylation sites (tertiary alicyclic amines) is 1. The van der Waals surface area contributed by atoms with E-state index in [1.165, 1.54) is 0 Å². The van der Waals surface area contributed by atoms with E-state index in [1.54, 1.807) is 0 Å². The van der Waals surface area contributed by atoms with Gasteiger partial charge >= 0.3 is 0 Å². The van der Waals surface area contributed by atoms with Crippen molar-refractivity contribution in [3.8, 4) is 12.3 Å². The first kappa shape index (κ1) is 11.1. The molecule has 0 radical (unpaired) electrons. The molecule has 1 rings (SSSR count). The van der Waals surface area contributed by atoms with Crippen LogP contribution in [0.15, 0.2) is 0 Å². The summed E-state index contributed by atoms with van der Waals surface area (Å²) in [6.45, 7) is 3.65. The second-order valence-corrected chi connectivity index (χ2v) is 3.95. The highest BCUT2D eigenvalue weighted by Crippen LogP contribution is 2.19. The number of hydrogen-bond donors (Lipinski definition) is 1. The van der Waals surface area contributed by atoms with Gasteiger partial charge in [0.2, 0.25) is 5.91 Å². The fourth-order valence-electron chi connectivity index (χ4n) is 1.78. The number of nitrogens with two attached hydrogens (primary N) is 1. The van der Waals surface area contributed by atoms with Crippen molar-refractivity contribution < 1.29 is 4.79 Å². The molecule has 0 aromatic carbocycles. The zero-order valence-electron chi connectivity index (χ0n) is 8.70. The Morgan fingerprint density at radius 3 is 3.00 bits per heavy atom. The van der Waals surface area contributed by atoms with E-state index in [1.807, 2.05) is 11.8 Å². The number of amides is 1. The van der Waals surface area contributed by atoms with Gasteiger partial charge in [0.25, 0.3) is 0 Å². The Labute approximate surface area is 85.6 Å². The minimum Gasteiger partial charge on any atom is -0.342 e. The van der Waals surface area contributed by atoms with Crippen LogP contribution in [-0.2, 0) is 4.79 Å². The topological polar surface area (TPSA) is 46.3 Å². The molecule has 0 aromatic heterocycles. The lowest BCUT2D eigenvalue weighted by atomic mass is 10.0. The quantitative estimate of drug-likeness (QED) is 0.669. The van der Waals surface area contributed by atoms with Crippen molar-refractivity contribution in [3.63, 3.8) is 0 Å². The fourth-order valence-corrected chi connectivity index (χ4v) is 1.78. The Balaban J connectivity index is 2.35. The first-order valence-electron chi connectivity index (χ1n) is 5.12. The van der Waals surface area contributed by atoms with E-state index in [2.05, 4.69) is 5.92 Å². The van der Waals surface area contributed by atoms with Crippen molar-refractivity contribution in [2.45, 2.75) is 32.2 Å². The highest BCUT2D eigenvalue weighted by Gasteiger charge is 2.27. The van der Waals surface area contributed by atoms with E-state index in [4.69, 9.17) is 12.2 Å². The highest BCUT2D eigenvalue weighted by molar-refractivity contribution is 5.76. The minimum atomic E-state index is 0.172. The molecule has 2 unspecified atom stereocenters. The molecular formula is C11H18N2O. The van der Waals surface area contributed by atoms with E-state index in [0.717, 1.165) is 19.5 Å². The standard InChI is InChI=1S/C11H18N2O/c1-3-4-5-11(14)13-7-6-10(8-13)9(2)12/h1,9-10H,4-8,12H2,2H3. The molecule has 1 heterocycles. The molecule has 78 valence electrons. The van der Waals surface area contributed by atoms with Crippen molar-refractivity contribution in [3.05, 3.63) is 0 Å². The van der Waals surface area contributed by atoms with Crippen LogP contribution in [0.4, 0.5) is 0 Å². The van der Waals surface area contributed by atoms with E-state index in [9.17, 15) is 4.79 Å². The maximum Gasteiger partial charge on any atom is 0.223 e. The maximum absolute atomic E-state index is 11.6. The molecule has 1 saturated heterocycles. The zero-order chi connectivity index (χ0) is 10.6. The van der Waals surface area contributed by atoms with E-state index in [-0.39, 0.29) is 11.9 Å². The third-order valence-corrected chi connectivity index (χ3v) is 2.80. The lowest BCUT2D eigenvalue weighted by Gasteiger charge is -2.17. The fraction of sp³-hybridized carbons (Fsp3) is 0.727. The van der Waals surface area contributed by atoms with Gasteiger partial charge in [0, 0.05) is 32.0 Å². The van der Waals surface area contributed by atoms with Gasteiger partial charge in [-0.1, -0.05) is 0 Å². The van der Waals surface area contributed by atoms with Crippen LogP contribution < -0.4 is 5.73 Å². The van der Waals surface area contributed by atoms with Crippen molar-refractivity contribution in [1.82, 2.24) is 4.90 Å². The monoisotopic (exact) mass is 194 g/mol. The number of rotatable bonds is 3. The Kier molecular flexibility index (Phi) is 3.97. The Morgan fingerprint density at radius 2 is 2.50 bits per heavy atom. The third-order valence-electron chi connectivity index (χ3n) is 2.80. The summed E-state index contributed by atoms with van der Waals surface area (Å²) in [7, 11) is 0. The molecule has 1 aliphatic heterocycles. The van der Waals surface area contributed by atoms with Gasteiger partial charge in [0.05, 0.1) is 0 Å². The Morgan fingerprint density at radius 1 is 1.79 bits per heavy atom. The van der Waals surface area contributed by atoms with Gasteiger partial charge in [-0.05, 0) is 19.3 Å². The van der Waals surface area contributed by atoms with Crippen LogP contribution in [0.2, 0.25) is 0 Å². The minimum absolute atomic E-state index is 0.172. The molecule has 3 nitrogen and oxygen atoms in total. The molecule has 0 saturated carbocycles. The number of nitrogens with zero attached hydrogens (tertiary/aromatic N) is 1. The first-order valence-corrected chi connectivity index (χ1v) is 5.12. The third kappa shape index (κ3) is 2.74. The number of carbonyl (C=O) groups excluding carboxylic acids is 1. The molecule has 2 atom stereocenters. The number of carbonyl (C=O) groups is 1.